The van der Waals surface area contributed by atoms with Crippen molar-refractivity contribution in [3.8, 4) is 0 Å². The van der Waals surface area contributed by atoms with Gasteiger partial charge in [0, 0.05) is 25.7 Å². The number of hydrogen-bond acceptors (Lipinski definition) is 2. The highest BCUT2D eigenvalue weighted by atomic mass is 16.1. The van der Waals surface area contributed by atoms with E-state index in [0.717, 1.165) is 6.54 Å². The van der Waals surface area contributed by atoms with Gasteiger partial charge < -0.3 is 4.90 Å². The van der Waals surface area contributed by atoms with Crippen LogP contribution in [-0.4, -0.2) is 19.4 Å². The van der Waals surface area contributed by atoms with Gasteiger partial charge >= 0.3 is 0 Å². The van der Waals surface area contributed by atoms with E-state index in [0.29, 0.717) is 6.42 Å². The Hall–Kier alpha value is -1.31. The summed E-state index contributed by atoms with van der Waals surface area (Å²) >= 11 is 0. The van der Waals surface area contributed by atoms with Gasteiger partial charge in [-0.1, -0.05) is 32.9 Å². The van der Waals surface area contributed by atoms with Crippen molar-refractivity contribution in [1.82, 2.24) is 0 Å². The third-order valence-electron chi connectivity index (χ3n) is 3.27. The van der Waals surface area contributed by atoms with Crippen LogP contribution in [-0.2, 0) is 10.2 Å². The van der Waals surface area contributed by atoms with Crippen LogP contribution >= 0.6 is 0 Å². The molecule has 0 heterocycles. The van der Waals surface area contributed by atoms with Crippen LogP contribution in [0.25, 0.3) is 0 Å². The number of benzene rings is 1. The summed E-state index contributed by atoms with van der Waals surface area (Å²) in [6, 6.07) is 6.60. The van der Waals surface area contributed by atoms with Crippen molar-refractivity contribution < 1.29 is 4.79 Å². The fourth-order valence-electron chi connectivity index (χ4n) is 2.00. The van der Waals surface area contributed by atoms with Crippen molar-refractivity contribution >= 4 is 11.5 Å². The fraction of sp³-hybridized carbons (Fsp3) is 0.562. The Bertz CT molecular complexity index is 429. The molecule has 2 nitrogen and oxygen atoms in total. The van der Waals surface area contributed by atoms with Gasteiger partial charge in [-0.3, -0.25) is 4.79 Å². The summed E-state index contributed by atoms with van der Waals surface area (Å²) in [5.74, 6) is 0.241. The van der Waals surface area contributed by atoms with Gasteiger partial charge in [0.2, 0.25) is 0 Å². The molecule has 1 aromatic carbocycles. The highest BCUT2D eigenvalue weighted by molar-refractivity contribution is 5.76. The average Bonchev–Trinajstić information content (AvgIpc) is 2.24. The Balaban J connectivity index is 2.88. The fourth-order valence-corrected chi connectivity index (χ4v) is 2.00. The molecule has 0 fully saturated rings. The Morgan fingerprint density at radius 3 is 2.33 bits per heavy atom. The van der Waals surface area contributed by atoms with Crippen molar-refractivity contribution in [1.29, 1.82) is 0 Å². The van der Waals surface area contributed by atoms with E-state index in [1.54, 1.807) is 6.92 Å². The number of hydrogen-bond donors (Lipinski definition) is 0. The Labute approximate surface area is 111 Å². The summed E-state index contributed by atoms with van der Waals surface area (Å²) in [7, 11) is 2.04. The number of nitrogens with zero attached hydrogens (tertiary/aromatic N) is 1. The maximum absolute atomic E-state index is 11.0. The summed E-state index contributed by atoms with van der Waals surface area (Å²) in [6.45, 7) is 11.2. The van der Waals surface area contributed by atoms with Crippen LogP contribution in [0.2, 0.25) is 0 Å². The second-order valence-electron chi connectivity index (χ2n) is 6.12. The van der Waals surface area contributed by atoms with Crippen LogP contribution in [0.15, 0.2) is 18.2 Å². The number of ketones is 1. The minimum Gasteiger partial charge on any atom is -0.374 e. The van der Waals surface area contributed by atoms with Crippen LogP contribution in [0.1, 0.15) is 45.2 Å². The molecule has 2 heteroatoms. The predicted octanol–water partition coefficient (Wildman–Crippen LogP) is 3.71. The van der Waals surface area contributed by atoms with E-state index in [4.69, 9.17) is 0 Å². The molecular formula is C16H25NO. The minimum atomic E-state index is 0.182. The summed E-state index contributed by atoms with van der Waals surface area (Å²) in [6.07, 6.45) is 0.608. The number of carbonyl (C=O) groups is 1. The normalized spacial score (nSPS) is 11.4. The van der Waals surface area contributed by atoms with E-state index in [1.807, 2.05) is 7.05 Å². The largest absolute Gasteiger partial charge is 0.374 e. The van der Waals surface area contributed by atoms with Crippen molar-refractivity contribution in [2.45, 2.75) is 46.5 Å². The molecule has 0 spiro atoms. The highest BCUT2D eigenvalue weighted by Gasteiger charge is 2.15. The molecule has 0 radical (unpaired) electrons. The van der Waals surface area contributed by atoms with Gasteiger partial charge in [-0.05, 0) is 36.5 Å². The lowest BCUT2D eigenvalue weighted by Gasteiger charge is -2.25. The first-order chi connectivity index (χ1) is 8.21. The number of anilines is 1. The van der Waals surface area contributed by atoms with Crippen LogP contribution < -0.4 is 4.90 Å². The third kappa shape index (κ3) is 3.86. The van der Waals surface area contributed by atoms with Gasteiger partial charge in [0.1, 0.15) is 5.78 Å². The van der Waals surface area contributed by atoms with Crippen molar-refractivity contribution in [3.05, 3.63) is 29.3 Å². The molecule has 0 aromatic heterocycles. The van der Waals surface area contributed by atoms with Crippen molar-refractivity contribution in [2.75, 3.05) is 18.5 Å². The highest BCUT2D eigenvalue weighted by Crippen LogP contribution is 2.27. The lowest BCUT2D eigenvalue weighted by Crippen LogP contribution is -2.21. The standard InChI is InChI=1S/C16H25NO/c1-12-11-14(16(3,4)5)7-8-15(12)17(6)10-9-13(2)18/h7-8,11H,9-10H2,1-6H3. The van der Waals surface area contributed by atoms with E-state index < -0.39 is 0 Å². The molecule has 0 aliphatic heterocycles. The van der Waals surface area contributed by atoms with E-state index in [-0.39, 0.29) is 11.2 Å². The first-order valence-electron chi connectivity index (χ1n) is 6.53. The molecule has 0 aliphatic carbocycles. The van der Waals surface area contributed by atoms with Gasteiger partial charge in [0.25, 0.3) is 0 Å². The van der Waals surface area contributed by atoms with Crippen LogP contribution in [0, 0.1) is 6.92 Å². The molecule has 0 atom stereocenters. The first-order valence-corrected chi connectivity index (χ1v) is 6.53. The molecule has 0 unspecified atom stereocenters. The quantitative estimate of drug-likeness (QED) is 0.808. The monoisotopic (exact) mass is 247 g/mol. The zero-order valence-electron chi connectivity index (χ0n) is 12.5. The van der Waals surface area contributed by atoms with Crippen LogP contribution in [0.3, 0.4) is 0 Å². The zero-order valence-corrected chi connectivity index (χ0v) is 12.5. The van der Waals surface area contributed by atoms with E-state index in [9.17, 15) is 4.79 Å². The molecule has 1 rings (SSSR count). The molecule has 0 aliphatic rings. The average molecular weight is 247 g/mol. The Morgan fingerprint density at radius 1 is 1.28 bits per heavy atom. The second kappa shape index (κ2) is 5.55. The van der Waals surface area contributed by atoms with Gasteiger partial charge in [-0.25, -0.2) is 0 Å². The molecular weight excluding hydrogens is 222 g/mol. The number of aryl methyl sites for hydroxylation is 1. The zero-order chi connectivity index (χ0) is 13.9. The predicted molar refractivity (Wildman–Crippen MR) is 78.4 cm³/mol. The molecule has 0 bridgehead atoms. The molecule has 100 valence electrons. The maximum Gasteiger partial charge on any atom is 0.131 e. The number of carbonyl (C=O) groups excluding carboxylic acids is 1. The molecule has 18 heavy (non-hydrogen) atoms. The molecule has 0 N–H and O–H groups in total. The summed E-state index contributed by atoms with van der Waals surface area (Å²) in [5.41, 5.74) is 4.02. The van der Waals surface area contributed by atoms with E-state index in [2.05, 4.69) is 50.8 Å². The molecule has 0 saturated heterocycles. The lowest BCUT2D eigenvalue weighted by atomic mass is 9.86. The number of Topliss-reactive ketones (excluding diaryl/α,β-unsaturated/α-hetero) is 1. The summed E-state index contributed by atoms with van der Waals surface area (Å²) in [4.78, 5) is 13.2. The smallest absolute Gasteiger partial charge is 0.131 e. The van der Waals surface area contributed by atoms with Gasteiger partial charge in [-0.15, -0.1) is 0 Å². The Morgan fingerprint density at radius 2 is 1.89 bits per heavy atom. The van der Waals surface area contributed by atoms with E-state index in [1.165, 1.54) is 16.8 Å². The lowest BCUT2D eigenvalue weighted by molar-refractivity contribution is -0.116. The first kappa shape index (κ1) is 14.7. The van der Waals surface area contributed by atoms with Gasteiger partial charge in [0.15, 0.2) is 0 Å². The van der Waals surface area contributed by atoms with Crippen molar-refractivity contribution in [2.24, 2.45) is 0 Å². The Kier molecular flexibility index (Phi) is 4.55. The molecule has 0 saturated carbocycles. The molecule has 1 aromatic rings. The van der Waals surface area contributed by atoms with Crippen LogP contribution in [0.5, 0.6) is 0 Å². The third-order valence-corrected chi connectivity index (χ3v) is 3.27. The number of rotatable bonds is 4. The minimum absolute atomic E-state index is 0.182. The SMILES string of the molecule is CC(=O)CCN(C)c1ccc(C(C)(C)C)cc1C. The van der Waals surface area contributed by atoms with Gasteiger partial charge in [-0.2, -0.15) is 0 Å². The second-order valence-corrected chi connectivity index (χ2v) is 6.12. The van der Waals surface area contributed by atoms with Crippen molar-refractivity contribution in [3.63, 3.8) is 0 Å². The maximum atomic E-state index is 11.0. The van der Waals surface area contributed by atoms with Crippen LogP contribution in [0.4, 0.5) is 5.69 Å². The van der Waals surface area contributed by atoms with E-state index >= 15 is 0 Å². The van der Waals surface area contributed by atoms with Gasteiger partial charge in [0.05, 0.1) is 0 Å². The summed E-state index contributed by atoms with van der Waals surface area (Å²) < 4.78 is 0. The molecule has 0 amide bonds. The topological polar surface area (TPSA) is 20.3 Å². The summed E-state index contributed by atoms with van der Waals surface area (Å²) in [5, 5.41) is 0.